The number of nitrogens with one attached hydrogen (secondary N) is 1. The van der Waals surface area contributed by atoms with Crippen LogP contribution < -0.4 is 5.32 Å². The first-order chi connectivity index (χ1) is 10.2. The Morgan fingerprint density at radius 1 is 1.43 bits per heavy atom. The molecule has 1 aliphatic heterocycles. The Hall–Kier alpha value is -1.46. The number of carbonyl (C=O) groups excluding carboxylic acids is 1. The van der Waals surface area contributed by atoms with E-state index in [4.69, 9.17) is 4.74 Å². The van der Waals surface area contributed by atoms with Gasteiger partial charge >= 0.3 is 0 Å². The van der Waals surface area contributed by atoms with Crippen LogP contribution in [0.1, 0.15) is 18.4 Å². The first-order valence-corrected chi connectivity index (χ1v) is 7.42. The molecule has 0 aromatic heterocycles. The van der Waals surface area contributed by atoms with E-state index in [1.165, 1.54) is 12.1 Å². The minimum Gasteiger partial charge on any atom is -0.383 e. The first-order valence-electron chi connectivity index (χ1n) is 7.42. The Morgan fingerprint density at radius 2 is 2.19 bits per heavy atom. The number of carbonyl (C=O) groups is 1. The van der Waals surface area contributed by atoms with Crippen LogP contribution in [0.25, 0.3) is 0 Å². The van der Waals surface area contributed by atoms with Gasteiger partial charge in [0.05, 0.1) is 6.61 Å². The normalized spacial score (nSPS) is 18.9. The van der Waals surface area contributed by atoms with Crippen molar-refractivity contribution in [3.8, 4) is 0 Å². The number of amides is 1. The number of methoxy groups -OCH3 is 1. The Labute approximate surface area is 125 Å². The molecule has 0 radical (unpaired) electrons. The molecule has 1 fully saturated rings. The second-order valence-electron chi connectivity index (χ2n) is 5.47. The van der Waals surface area contributed by atoms with Crippen molar-refractivity contribution in [1.29, 1.82) is 0 Å². The van der Waals surface area contributed by atoms with Gasteiger partial charge in [-0.2, -0.15) is 0 Å². The van der Waals surface area contributed by atoms with Crippen molar-refractivity contribution < 1.29 is 13.9 Å². The summed E-state index contributed by atoms with van der Waals surface area (Å²) in [6.07, 6.45) is 2.08. The number of halogens is 1. The van der Waals surface area contributed by atoms with Gasteiger partial charge in [0.25, 0.3) is 0 Å². The van der Waals surface area contributed by atoms with Gasteiger partial charge in [0.2, 0.25) is 5.91 Å². The van der Waals surface area contributed by atoms with Crippen molar-refractivity contribution in [2.75, 3.05) is 33.4 Å². The van der Waals surface area contributed by atoms with Gasteiger partial charge in [-0.15, -0.1) is 0 Å². The van der Waals surface area contributed by atoms with Crippen LogP contribution in [0.5, 0.6) is 0 Å². The third-order valence-electron chi connectivity index (χ3n) is 3.80. The molecule has 1 unspecified atom stereocenters. The molecule has 2 rings (SSSR count). The molecule has 21 heavy (non-hydrogen) atoms. The number of benzene rings is 1. The average molecular weight is 294 g/mol. The van der Waals surface area contributed by atoms with Gasteiger partial charge in [-0.3, -0.25) is 9.69 Å². The van der Waals surface area contributed by atoms with E-state index in [-0.39, 0.29) is 17.8 Å². The molecule has 5 heteroatoms. The summed E-state index contributed by atoms with van der Waals surface area (Å²) >= 11 is 0. The molecule has 1 amide bonds. The van der Waals surface area contributed by atoms with E-state index in [1.807, 2.05) is 0 Å². The number of aryl methyl sites for hydroxylation is 1. The number of nitrogens with zero attached hydrogens (tertiary/aromatic N) is 1. The van der Waals surface area contributed by atoms with Crippen LogP contribution in [0.3, 0.4) is 0 Å². The van der Waals surface area contributed by atoms with E-state index < -0.39 is 0 Å². The lowest BCUT2D eigenvalue weighted by Crippen LogP contribution is -2.37. The molecule has 1 aliphatic rings. The molecule has 1 saturated heterocycles. The summed E-state index contributed by atoms with van der Waals surface area (Å²) in [7, 11) is 1.70. The van der Waals surface area contributed by atoms with Crippen molar-refractivity contribution >= 4 is 5.91 Å². The Morgan fingerprint density at radius 3 is 2.90 bits per heavy atom. The number of hydrogen-bond donors (Lipinski definition) is 1. The van der Waals surface area contributed by atoms with E-state index in [0.717, 1.165) is 38.2 Å². The zero-order valence-electron chi connectivity index (χ0n) is 12.5. The van der Waals surface area contributed by atoms with Crippen LogP contribution in [0, 0.1) is 5.82 Å². The molecule has 0 bridgehead atoms. The fraction of sp³-hybridized carbons (Fsp3) is 0.562. The smallest absolute Gasteiger partial charge is 0.220 e. The number of ether oxygens (including phenoxy) is 1. The molecular formula is C16H23FN2O2. The van der Waals surface area contributed by atoms with Crippen LogP contribution >= 0.6 is 0 Å². The highest BCUT2D eigenvalue weighted by Crippen LogP contribution is 2.10. The van der Waals surface area contributed by atoms with Crippen molar-refractivity contribution in [1.82, 2.24) is 10.2 Å². The van der Waals surface area contributed by atoms with Crippen LogP contribution in [0.15, 0.2) is 24.3 Å². The van der Waals surface area contributed by atoms with Crippen molar-refractivity contribution in [2.24, 2.45) is 0 Å². The predicted octanol–water partition coefficient (Wildman–Crippen LogP) is 1.60. The molecule has 1 atom stereocenters. The lowest BCUT2D eigenvalue weighted by Gasteiger charge is -2.16. The van der Waals surface area contributed by atoms with Gasteiger partial charge in [0.1, 0.15) is 5.82 Å². The van der Waals surface area contributed by atoms with Crippen LogP contribution in [-0.4, -0.2) is 50.2 Å². The van der Waals surface area contributed by atoms with Crippen molar-refractivity contribution in [3.63, 3.8) is 0 Å². The largest absolute Gasteiger partial charge is 0.383 e. The summed E-state index contributed by atoms with van der Waals surface area (Å²) in [4.78, 5) is 14.2. The summed E-state index contributed by atoms with van der Waals surface area (Å²) < 4.78 is 17.8. The molecule has 0 saturated carbocycles. The predicted molar refractivity (Wildman–Crippen MR) is 79.6 cm³/mol. The van der Waals surface area contributed by atoms with Crippen LogP contribution in [0.2, 0.25) is 0 Å². The van der Waals surface area contributed by atoms with Gasteiger partial charge in [-0.1, -0.05) is 12.1 Å². The standard InChI is InChI=1S/C16H23FN2O2/c1-21-11-10-19-9-8-15(12-19)18-16(20)7-4-13-2-5-14(17)6-3-13/h2-3,5-6,15H,4,7-12H2,1H3,(H,18,20). The maximum Gasteiger partial charge on any atom is 0.220 e. The van der Waals surface area contributed by atoms with Crippen molar-refractivity contribution in [3.05, 3.63) is 35.6 Å². The summed E-state index contributed by atoms with van der Waals surface area (Å²) in [5.74, 6) is -0.178. The van der Waals surface area contributed by atoms with Gasteiger partial charge in [0, 0.05) is 39.2 Å². The topological polar surface area (TPSA) is 41.6 Å². The SMILES string of the molecule is COCCN1CCC(NC(=O)CCc2ccc(F)cc2)C1. The van der Waals surface area contributed by atoms with E-state index in [2.05, 4.69) is 10.2 Å². The number of likely N-dealkylation sites (tertiary alicyclic amines) is 1. The molecule has 1 aromatic rings. The monoisotopic (exact) mass is 294 g/mol. The fourth-order valence-corrected chi connectivity index (χ4v) is 2.58. The molecule has 1 heterocycles. The molecule has 116 valence electrons. The highest BCUT2D eigenvalue weighted by Gasteiger charge is 2.23. The molecule has 4 nitrogen and oxygen atoms in total. The summed E-state index contributed by atoms with van der Waals surface area (Å²) in [5.41, 5.74) is 0.986. The van der Waals surface area contributed by atoms with Gasteiger partial charge in [-0.25, -0.2) is 4.39 Å². The minimum atomic E-state index is -0.245. The first kappa shape index (κ1) is 15.9. The lowest BCUT2D eigenvalue weighted by atomic mass is 10.1. The summed E-state index contributed by atoms with van der Waals surface area (Å²) in [6, 6.07) is 6.55. The van der Waals surface area contributed by atoms with Crippen LogP contribution in [0.4, 0.5) is 4.39 Å². The zero-order valence-corrected chi connectivity index (χ0v) is 12.5. The van der Waals surface area contributed by atoms with E-state index in [1.54, 1.807) is 19.2 Å². The summed E-state index contributed by atoms with van der Waals surface area (Å²) in [5, 5.41) is 3.07. The lowest BCUT2D eigenvalue weighted by molar-refractivity contribution is -0.121. The van der Waals surface area contributed by atoms with Gasteiger partial charge < -0.3 is 10.1 Å². The van der Waals surface area contributed by atoms with Gasteiger partial charge in [-0.05, 0) is 30.5 Å². The maximum absolute atomic E-state index is 12.8. The Balaban J connectivity index is 1.67. The third kappa shape index (κ3) is 5.44. The van der Waals surface area contributed by atoms with E-state index in [0.29, 0.717) is 12.8 Å². The summed E-state index contributed by atoms with van der Waals surface area (Å²) in [6.45, 7) is 3.54. The molecule has 1 aromatic carbocycles. The Kier molecular flexibility index (Phi) is 6.14. The Bertz CT molecular complexity index is 450. The quantitative estimate of drug-likeness (QED) is 0.830. The third-order valence-corrected chi connectivity index (χ3v) is 3.80. The van der Waals surface area contributed by atoms with Crippen LogP contribution in [-0.2, 0) is 16.0 Å². The maximum atomic E-state index is 12.8. The molecular weight excluding hydrogens is 271 g/mol. The number of rotatable bonds is 7. The van der Waals surface area contributed by atoms with Crippen molar-refractivity contribution in [2.45, 2.75) is 25.3 Å². The second-order valence-corrected chi connectivity index (χ2v) is 5.47. The average Bonchev–Trinajstić information content (AvgIpc) is 2.92. The molecule has 1 N–H and O–H groups in total. The molecule has 0 spiro atoms. The van der Waals surface area contributed by atoms with Gasteiger partial charge in [0.15, 0.2) is 0 Å². The second kappa shape index (κ2) is 8.10. The minimum absolute atomic E-state index is 0.0675. The van der Waals surface area contributed by atoms with E-state index in [9.17, 15) is 9.18 Å². The number of hydrogen-bond acceptors (Lipinski definition) is 3. The highest BCUT2D eigenvalue weighted by atomic mass is 19.1. The van der Waals surface area contributed by atoms with E-state index >= 15 is 0 Å². The highest BCUT2D eigenvalue weighted by molar-refractivity contribution is 5.76. The fourth-order valence-electron chi connectivity index (χ4n) is 2.58. The molecule has 0 aliphatic carbocycles. The zero-order chi connectivity index (χ0) is 15.1.